The maximum atomic E-state index is 13.0. The molecule has 0 unspecified atom stereocenters. The van der Waals surface area contributed by atoms with Gasteiger partial charge in [-0.15, -0.1) is 5.11 Å². The largest absolute Gasteiger partial charge is 0.507 e. The zero-order valence-electron chi connectivity index (χ0n) is 28.6. The van der Waals surface area contributed by atoms with Crippen LogP contribution in [0.4, 0.5) is 11.4 Å². The Morgan fingerprint density at radius 3 is 1.48 bits per heavy atom. The summed E-state index contributed by atoms with van der Waals surface area (Å²) in [4.78, 5) is 30.0. The van der Waals surface area contributed by atoms with Gasteiger partial charge < -0.3 is 30.3 Å². The Labute approximate surface area is 301 Å². The second kappa shape index (κ2) is 15.8. The van der Waals surface area contributed by atoms with Crippen molar-refractivity contribution in [2.45, 2.75) is 38.5 Å². The molecule has 0 saturated heterocycles. The highest BCUT2D eigenvalue weighted by Crippen LogP contribution is 2.39. The number of phenolic OH excluding ortho intramolecular Hbond substituents is 2. The summed E-state index contributed by atoms with van der Waals surface area (Å²) in [5.41, 5.74) is 6.65. The second-order valence-electron chi connectivity index (χ2n) is 13.0. The highest BCUT2D eigenvalue weighted by molar-refractivity contribution is 5.78. The first-order valence-corrected chi connectivity index (χ1v) is 17.4. The van der Waals surface area contributed by atoms with Crippen molar-refractivity contribution in [2.75, 3.05) is 26.3 Å². The number of amides is 2. The molecule has 5 aromatic rings. The Hall–Kier alpha value is -6.23. The summed E-state index contributed by atoms with van der Waals surface area (Å²) >= 11 is 0. The van der Waals surface area contributed by atoms with Gasteiger partial charge in [0.25, 0.3) is 11.8 Å². The van der Waals surface area contributed by atoms with Crippen LogP contribution in [0.25, 0.3) is 0 Å². The SMILES string of the molecule is O=C1COc2c3cccc2Cc2cc(N=Nc4cccnc4)cc(c2O)Cc2cccc(c2OCC(=O)NCCCCN1)Cc1cccc(c1O)C3. The standard InChI is InChI=1S/C41H39N5O6/c47-36-24-51-40-28-9-4-11-30(40)19-32-21-35(46-45-34-13-6-14-42-23-34)22-33(39(32)50)20-31-12-5-10-29(18-27-8-3-7-26(17-28)38(27)49)41(31)52-25-37(48)44-16-2-1-15-43-36/h3-14,21-23,49-50H,1-2,15-20,24-25H2,(H,43,47)(H,44,48). The lowest BCUT2D eigenvalue weighted by Crippen LogP contribution is -2.32. The van der Waals surface area contributed by atoms with Gasteiger partial charge in [-0.3, -0.25) is 14.6 Å². The number of pyridine rings is 1. The van der Waals surface area contributed by atoms with E-state index in [-0.39, 0.29) is 49.4 Å². The quantitative estimate of drug-likeness (QED) is 0.153. The fraction of sp³-hybridized carbons (Fsp3) is 0.244. The van der Waals surface area contributed by atoms with Crippen molar-refractivity contribution in [1.29, 1.82) is 0 Å². The molecule has 1 aromatic heterocycles. The number of benzene rings is 4. The van der Waals surface area contributed by atoms with Gasteiger partial charge in [-0.05, 0) is 70.5 Å². The summed E-state index contributed by atoms with van der Waals surface area (Å²) < 4.78 is 12.6. The lowest BCUT2D eigenvalue weighted by Gasteiger charge is -2.20. The van der Waals surface area contributed by atoms with Gasteiger partial charge in [-0.1, -0.05) is 54.6 Å². The highest BCUT2D eigenvalue weighted by Gasteiger charge is 2.22. The molecule has 0 spiro atoms. The van der Waals surface area contributed by atoms with Gasteiger partial charge in [-0.2, -0.15) is 5.11 Å². The van der Waals surface area contributed by atoms with E-state index in [0.717, 1.165) is 22.3 Å². The molecule has 0 atom stereocenters. The number of aromatic nitrogens is 1. The minimum absolute atomic E-state index is 0.0735. The number of azo groups is 1. The number of rotatable bonds is 2. The van der Waals surface area contributed by atoms with Crippen molar-refractivity contribution in [3.8, 4) is 23.0 Å². The molecule has 11 heteroatoms. The molecule has 3 aliphatic rings. The first-order chi connectivity index (χ1) is 25.4. The normalized spacial score (nSPS) is 15.3. The number of carbonyl (C=O) groups excluding carboxylic acids is 2. The molecular formula is C41H39N5O6. The van der Waals surface area contributed by atoms with Gasteiger partial charge >= 0.3 is 0 Å². The molecule has 2 amide bonds. The minimum Gasteiger partial charge on any atom is -0.507 e. The Morgan fingerprint density at radius 1 is 0.558 bits per heavy atom. The molecule has 0 radical (unpaired) electrons. The van der Waals surface area contributed by atoms with Gasteiger partial charge in [0.05, 0.1) is 11.9 Å². The van der Waals surface area contributed by atoms with Crippen molar-refractivity contribution in [3.05, 3.63) is 136 Å². The van der Waals surface area contributed by atoms with E-state index in [1.54, 1.807) is 36.7 Å². The van der Waals surface area contributed by atoms with E-state index in [1.165, 1.54) is 0 Å². The third-order valence-corrected chi connectivity index (χ3v) is 9.21. The van der Waals surface area contributed by atoms with Crippen molar-refractivity contribution < 1.29 is 29.3 Å². The van der Waals surface area contributed by atoms with Crippen molar-refractivity contribution >= 4 is 23.2 Å². The Bertz CT molecular complexity index is 2020. The van der Waals surface area contributed by atoms with Crippen LogP contribution in [0.2, 0.25) is 0 Å². The third-order valence-electron chi connectivity index (χ3n) is 9.21. The van der Waals surface area contributed by atoms with E-state index in [1.807, 2.05) is 54.6 Å². The van der Waals surface area contributed by atoms with Crippen LogP contribution in [-0.4, -0.2) is 53.3 Å². The number of carbonyl (C=O) groups is 2. The van der Waals surface area contributed by atoms with Crippen molar-refractivity contribution in [1.82, 2.24) is 15.6 Å². The van der Waals surface area contributed by atoms with Crippen LogP contribution < -0.4 is 20.1 Å². The molecular weight excluding hydrogens is 658 g/mol. The van der Waals surface area contributed by atoms with Crippen LogP contribution in [0.3, 0.4) is 0 Å². The van der Waals surface area contributed by atoms with Gasteiger partial charge in [0.2, 0.25) is 0 Å². The van der Waals surface area contributed by atoms with Crippen LogP contribution in [-0.2, 0) is 35.3 Å². The maximum Gasteiger partial charge on any atom is 0.257 e. The molecule has 4 aromatic carbocycles. The van der Waals surface area contributed by atoms with Gasteiger partial charge in [0.1, 0.15) is 28.7 Å². The summed E-state index contributed by atoms with van der Waals surface area (Å²) in [6.45, 7) is 0.408. The molecule has 52 heavy (non-hydrogen) atoms. The number of hydrogen-bond acceptors (Lipinski definition) is 9. The van der Waals surface area contributed by atoms with Crippen LogP contribution >= 0.6 is 0 Å². The highest BCUT2D eigenvalue weighted by atomic mass is 16.5. The number of para-hydroxylation sites is 3. The van der Waals surface area contributed by atoms with E-state index < -0.39 is 0 Å². The lowest BCUT2D eigenvalue weighted by molar-refractivity contribution is -0.124. The van der Waals surface area contributed by atoms with E-state index in [0.29, 0.717) is 83.9 Å². The van der Waals surface area contributed by atoms with Crippen LogP contribution in [0.15, 0.2) is 101 Å². The number of nitrogens with zero attached hydrogens (tertiary/aromatic N) is 3. The predicted octanol–water partition coefficient (Wildman–Crippen LogP) is 6.37. The number of nitrogens with one attached hydrogen (secondary N) is 2. The molecule has 2 aliphatic heterocycles. The van der Waals surface area contributed by atoms with E-state index >= 15 is 0 Å². The first-order valence-electron chi connectivity index (χ1n) is 17.4. The topological polar surface area (TPSA) is 155 Å². The summed E-state index contributed by atoms with van der Waals surface area (Å²) in [6, 6.07) is 24.3. The number of ether oxygens (including phenoxy) is 2. The fourth-order valence-electron chi connectivity index (χ4n) is 6.63. The maximum absolute atomic E-state index is 13.0. The van der Waals surface area contributed by atoms with Gasteiger partial charge in [-0.25, -0.2) is 0 Å². The first kappa shape index (κ1) is 34.2. The third kappa shape index (κ3) is 8.04. The number of hydrogen-bond donors (Lipinski definition) is 4. The van der Waals surface area contributed by atoms with Crippen molar-refractivity contribution in [3.63, 3.8) is 0 Å². The number of phenols is 2. The van der Waals surface area contributed by atoms with Gasteiger partial charge in [0, 0.05) is 56.1 Å². The summed E-state index contributed by atoms with van der Waals surface area (Å²) in [6.07, 6.45) is 5.76. The second-order valence-corrected chi connectivity index (χ2v) is 13.0. The predicted molar refractivity (Wildman–Crippen MR) is 195 cm³/mol. The fourth-order valence-corrected chi connectivity index (χ4v) is 6.63. The Balaban J connectivity index is 1.42. The zero-order chi connectivity index (χ0) is 35.9. The molecule has 0 saturated carbocycles. The van der Waals surface area contributed by atoms with Crippen molar-refractivity contribution in [2.24, 2.45) is 10.2 Å². The number of aromatic hydroxyl groups is 2. The molecule has 0 fully saturated rings. The zero-order valence-corrected chi connectivity index (χ0v) is 28.6. The molecule has 8 rings (SSSR count). The lowest BCUT2D eigenvalue weighted by atomic mass is 9.91. The smallest absolute Gasteiger partial charge is 0.257 e. The van der Waals surface area contributed by atoms with Gasteiger partial charge in [0.15, 0.2) is 13.2 Å². The Morgan fingerprint density at radius 2 is 1.00 bits per heavy atom. The average molecular weight is 698 g/mol. The molecule has 264 valence electrons. The molecule has 11 nitrogen and oxygen atoms in total. The molecule has 4 N–H and O–H groups in total. The molecule has 1 aliphatic carbocycles. The molecule has 3 heterocycles. The summed E-state index contributed by atoms with van der Waals surface area (Å²) in [5.74, 6) is 0.672. The molecule has 10 bridgehead atoms. The summed E-state index contributed by atoms with van der Waals surface area (Å²) in [5, 5.41) is 38.3. The number of fused-ring (bicyclic) bond motifs is 11. The minimum atomic E-state index is -0.282. The van der Waals surface area contributed by atoms with E-state index in [2.05, 4.69) is 25.8 Å². The summed E-state index contributed by atoms with van der Waals surface area (Å²) in [7, 11) is 0. The van der Waals surface area contributed by atoms with Crippen LogP contribution in [0.5, 0.6) is 23.0 Å². The van der Waals surface area contributed by atoms with E-state index in [4.69, 9.17) is 9.47 Å². The average Bonchev–Trinajstić information content (AvgIpc) is 3.14. The monoisotopic (exact) mass is 697 g/mol. The van der Waals surface area contributed by atoms with Crippen LogP contribution in [0, 0.1) is 0 Å². The Kier molecular flexibility index (Phi) is 10.4. The van der Waals surface area contributed by atoms with Crippen LogP contribution in [0.1, 0.15) is 57.3 Å². The van der Waals surface area contributed by atoms with E-state index in [9.17, 15) is 19.8 Å².